The molecule has 0 saturated carbocycles. The highest BCUT2D eigenvalue weighted by molar-refractivity contribution is 8.18. The van der Waals surface area contributed by atoms with Crippen molar-refractivity contribution >= 4 is 23.5 Å². The maximum absolute atomic E-state index is 2.40. The SMILES string of the molecule is CC/C=C/CCC1(C)SCCCS1. The molecule has 1 heterocycles. The van der Waals surface area contributed by atoms with Gasteiger partial charge in [-0.25, -0.2) is 0 Å². The molecule has 0 bridgehead atoms. The van der Waals surface area contributed by atoms with Crippen molar-refractivity contribution in [3.05, 3.63) is 12.2 Å². The highest BCUT2D eigenvalue weighted by Crippen LogP contribution is 2.44. The first-order valence-corrected chi connectivity index (χ1v) is 7.17. The van der Waals surface area contributed by atoms with Gasteiger partial charge in [0.25, 0.3) is 0 Å². The monoisotopic (exact) mass is 216 g/mol. The molecule has 1 aliphatic heterocycles. The zero-order valence-electron chi connectivity index (χ0n) is 8.71. The van der Waals surface area contributed by atoms with E-state index in [1.54, 1.807) is 0 Å². The standard InChI is InChI=1S/C11H20S2/c1-3-4-5-6-8-11(2)12-9-7-10-13-11/h4-5H,3,6-10H2,1-2H3/b5-4+. The first-order valence-electron chi connectivity index (χ1n) is 5.20. The first kappa shape index (κ1) is 11.5. The molecule has 0 aromatic heterocycles. The number of thioether (sulfide) groups is 2. The van der Waals surface area contributed by atoms with Gasteiger partial charge in [0, 0.05) is 0 Å². The van der Waals surface area contributed by atoms with Gasteiger partial charge in [0.1, 0.15) is 0 Å². The van der Waals surface area contributed by atoms with Crippen LogP contribution in [0.15, 0.2) is 12.2 Å². The van der Waals surface area contributed by atoms with Crippen molar-refractivity contribution in [1.29, 1.82) is 0 Å². The zero-order chi connectivity index (χ0) is 9.57. The summed E-state index contributed by atoms with van der Waals surface area (Å²) in [6.07, 6.45) is 9.78. The molecule has 0 aromatic carbocycles. The van der Waals surface area contributed by atoms with Crippen LogP contribution in [0.5, 0.6) is 0 Å². The van der Waals surface area contributed by atoms with Crippen molar-refractivity contribution in [3.8, 4) is 0 Å². The molecule has 0 spiro atoms. The molecule has 0 aromatic rings. The molecule has 1 saturated heterocycles. The van der Waals surface area contributed by atoms with E-state index in [0.717, 1.165) is 0 Å². The summed E-state index contributed by atoms with van der Waals surface area (Å²) in [6.45, 7) is 4.60. The lowest BCUT2D eigenvalue weighted by Crippen LogP contribution is -2.20. The normalized spacial score (nSPS) is 22.3. The Bertz CT molecular complexity index is 157. The summed E-state index contributed by atoms with van der Waals surface area (Å²) in [7, 11) is 0. The molecule has 76 valence electrons. The van der Waals surface area contributed by atoms with Crippen LogP contribution in [-0.2, 0) is 0 Å². The summed E-state index contributed by atoms with van der Waals surface area (Å²) in [5.41, 5.74) is 0. The number of rotatable bonds is 4. The summed E-state index contributed by atoms with van der Waals surface area (Å²) in [5.74, 6) is 2.72. The van der Waals surface area contributed by atoms with E-state index in [2.05, 4.69) is 49.5 Å². The van der Waals surface area contributed by atoms with Crippen LogP contribution in [0.25, 0.3) is 0 Å². The molecule has 13 heavy (non-hydrogen) atoms. The van der Waals surface area contributed by atoms with E-state index in [0.29, 0.717) is 4.08 Å². The van der Waals surface area contributed by atoms with E-state index in [-0.39, 0.29) is 0 Å². The molecule has 1 aliphatic rings. The summed E-state index contributed by atoms with van der Waals surface area (Å²) in [6, 6.07) is 0. The van der Waals surface area contributed by atoms with Gasteiger partial charge in [0.05, 0.1) is 4.08 Å². The van der Waals surface area contributed by atoms with Crippen molar-refractivity contribution < 1.29 is 0 Å². The smallest absolute Gasteiger partial charge is 0.0586 e. The Kier molecular flexibility index (Phi) is 5.34. The van der Waals surface area contributed by atoms with Gasteiger partial charge in [-0.15, -0.1) is 23.5 Å². The van der Waals surface area contributed by atoms with Gasteiger partial charge in [-0.3, -0.25) is 0 Å². The predicted octanol–water partition coefficient (Wildman–Crippen LogP) is 4.32. The second-order valence-corrected chi connectivity index (χ2v) is 7.06. The molecule has 0 radical (unpaired) electrons. The molecule has 0 N–H and O–H groups in total. The highest BCUT2D eigenvalue weighted by Gasteiger charge is 2.26. The third-order valence-corrected chi connectivity index (χ3v) is 5.59. The van der Waals surface area contributed by atoms with Gasteiger partial charge in [-0.2, -0.15) is 0 Å². The maximum Gasteiger partial charge on any atom is 0.0586 e. The third-order valence-electron chi connectivity index (χ3n) is 2.27. The number of allylic oxidation sites excluding steroid dienone is 2. The molecule has 2 heteroatoms. The van der Waals surface area contributed by atoms with Crippen LogP contribution in [0, 0.1) is 0 Å². The van der Waals surface area contributed by atoms with Crippen LogP contribution in [0.4, 0.5) is 0 Å². The molecule has 0 unspecified atom stereocenters. The van der Waals surface area contributed by atoms with Gasteiger partial charge in [0.15, 0.2) is 0 Å². The molecule has 0 aliphatic carbocycles. The first-order chi connectivity index (χ1) is 6.27. The molecule has 1 fully saturated rings. The predicted molar refractivity (Wildman–Crippen MR) is 66.6 cm³/mol. The fraction of sp³-hybridized carbons (Fsp3) is 0.818. The Morgan fingerprint density at radius 1 is 1.23 bits per heavy atom. The van der Waals surface area contributed by atoms with Crippen molar-refractivity contribution in [1.82, 2.24) is 0 Å². The van der Waals surface area contributed by atoms with Gasteiger partial charge >= 0.3 is 0 Å². The van der Waals surface area contributed by atoms with E-state index < -0.39 is 0 Å². The van der Waals surface area contributed by atoms with E-state index in [9.17, 15) is 0 Å². The van der Waals surface area contributed by atoms with E-state index in [1.165, 1.54) is 37.2 Å². The van der Waals surface area contributed by atoms with Crippen LogP contribution in [0.1, 0.15) is 39.5 Å². The van der Waals surface area contributed by atoms with Crippen molar-refractivity contribution in [2.75, 3.05) is 11.5 Å². The Morgan fingerprint density at radius 3 is 2.54 bits per heavy atom. The zero-order valence-corrected chi connectivity index (χ0v) is 10.3. The molecular formula is C11H20S2. The fourth-order valence-electron chi connectivity index (χ4n) is 1.45. The number of hydrogen-bond donors (Lipinski definition) is 0. The minimum Gasteiger partial charge on any atom is -0.144 e. The van der Waals surface area contributed by atoms with Crippen molar-refractivity contribution in [3.63, 3.8) is 0 Å². The van der Waals surface area contributed by atoms with Crippen LogP contribution in [0.2, 0.25) is 0 Å². The van der Waals surface area contributed by atoms with Gasteiger partial charge in [-0.1, -0.05) is 19.1 Å². The fourth-order valence-corrected chi connectivity index (χ4v) is 4.43. The quantitative estimate of drug-likeness (QED) is 0.642. The topological polar surface area (TPSA) is 0 Å². The summed E-state index contributed by atoms with van der Waals surface area (Å²) in [5, 5.41) is 0. The van der Waals surface area contributed by atoms with Crippen LogP contribution < -0.4 is 0 Å². The second kappa shape index (κ2) is 6.02. The summed E-state index contributed by atoms with van der Waals surface area (Å²) in [4.78, 5) is 0. The molecular weight excluding hydrogens is 196 g/mol. The Morgan fingerprint density at radius 2 is 1.92 bits per heavy atom. The van der Waals surface area contributed by atoms with Crippen LogP contribution in [0.3, 0.4) is 0 Å². The second-order valence-electron chi connectivity index (χ2n) is 3.60. The minimum absolute atomic E-state index is 0.510. The van der Waals surface area contributed by atoms with Crippen molar-refractivity contribution in [2.45, 2.75) is 43.6 Å². The molecule has 0 atom stereocenters. The highest BCUT2D eigenvalue weighted by atomic mass is 32.2. The minimum atomic E-state index is 0.510. The molecule has 1 rings (SSSR count). The third kappa shape index (κ3) is 4.46. The van der Waals surface area contributed by atoms with Gasteiger partial charge < -0.3 is 0 Å². The molecule has 0 amide bonds. The lowest BCUT2D eigenvalue weighted by molar-refractivity contribution is 0.773. The lowest BCUT2D eigenvalue weighted by atomic mass is 10.2. The van der Waals surface area contributed by atoms with Gasteiger partial charge in [-0.05, 0) is 44.1 Å². The lowest BCUT2D eigenvalue weighted by Gasteiger charge is -2.32. The molecule has 0 nitrogen and oxygen atoms in total. The van der Waals surface area contributed by atoms with Crippen molar-refractivity contribution in [2.24, 2.45) is 0 Å². The van der Waals surface area contributed by atoms with Crippen LogP contribution >= 0.6 is 23.5 Å². The average molecular weight is 216 g/mol. The number of hydrogen-bond acceptors (Lipinski definition) is 2. The largest absolute Gasteiger partial charge is 0.144 e. The maximum atomic E-state index is 2.40. The summed E-state index contributed by atoms with van der Waals surface area (Å²) >= 11 is 4.31. The van der Waals surface area contributed by atoms with E-state index in [4.69, 9.17) is 0 Å². The Hall–Kier alpha value is 0.440. The van der Waals surface area contributed by atoms with E-state index >= 15 is 0 Å². The Balaban J connectivity index is 2.21. The average Bonchev–Trinajstić information content (AvgIpc) is 2.14. The van der Waals surface area contributed by atoms with Crippen LogP contribution in [-0.4, -0.2) is 15.6 Å². The van der Waals surface area contributed by atoms with Gasteiger partial charge in [0.2, 0.25) is 0 Å². The summed E-state index contributed by atoms with van der Waals surface area (Å²) < 4.78 is 0.510. The van der Waals surface area contributed by atoms with E-state index in [1.807, 2.05) is 0 Å². The Labute approximate surface area is 90.9 Å².